The third-order valence-corrected chi connectivity index (χ3v) is 4.82. The number of amides is 1. The van der Waals surface area contributed by atoms with Crippen LogP contribution < -0.4 is 0 Å². The second-order valence-electron chi connectivity index (χ2n) is 6.92. The molecule has 0 N–H and O–H groups in total. The van der Waals surface area contributed by atoms with Gasteiger partial charge in [-0.25, -0.2) is 0 Å². The minimum Gasteiger partial charge on any atom is -0.374 e. The molecule has 1 fully saturated rings. The number of hydrogen-bond acceptors (Lipinski definition) is 4. The Balaban J connectivity index is 1.50. The molecule has 0 unspecified atom stereocenters. The standard InChI is InChI=1S/C19H26N4O2/c1-14(19(24)22(2)3)18-10-9-16(25-18)11-12-23-13-17(20-21-23)15-7-5-4-6-8-15/h4-8,13-14,16,18H,9-12H2,1-3H3/t14-,16+,18-/m0/s1. The Morgan fingerprint density at radius 1 is 1.32 bits per heavy atom. The summed E-state index contributed by atoms with van der Waals surface area (Å²) >= 11 is 0. The summed E-state index contributed by atoms with van der Waals surface area (Å²) in [6, 6.07) is 10.0. The number of aryl methyl sites for hydroxylation is 1. The molecule has 1 aromatic carbocycles. The molecule has 25 heavy (non-hydrogen) atoms. The molecule has 0 radical (unpaired) electrons. The number of carbonyl (C=O) groups excluding carboxylic acids is 1. The smallest absolute Gasteiger partial charge is 0.227 e. The van der Waals surface area contributed by atoms with Crippen LogP contribution in [0.4, 0.5) is 0 Å². The highest BCUT2D eigenvalue weighted by Crippen LogP contribution is 2.28. The molecule has 6 heteroatoms. The highest BCUT2D eigenvalue weighted by molar-refractivity contribution is 5.78. The van der Waals surface area contributed by atoms with E-state index in [9.17, 15) is 4.79 Å². The van der Waals surface area contributed by atoms with Crippen molar-refractivity contribution in [2.45, 2.75) is 44.9 Å². The number of carbonyl (C=O) groups is 1. The molecule has 3 atom stereocenters. The molecule has 1 saturated heterocycles. The molecule has 1 aromatic heterocycles. The molecular formula is C19H26N4O2. The van der Waals surface area contributed by atoms with Gasteiger partial charge in [0, 0.05) is 26.2 Å². The summed E-state index contributed by atoms with van der Waals surface area (Å²) in [4.78, 5) is 13.7. The Kier molecular flexibility index (Phi) is 5.48. The average molecular weight is 342 g/mol. The second kappa shape index (κ2) is 7.78. The fourth-order valence-corrected chi connectivity index (χ4v) is 3.31. The lowest BCUT2D eigenvalue weighted by atomic mass is 10.0. The molecule has 0 saturated carbocycles. The lowest BCUT2D eigenvalue weighted by Crippen LogP contribution is -2.35. The molecule has 0 bridgehead atoms. The predicted octanol–water partition coefficient (Wildman–Crippen LogP) is 2.61. The first kappa shape index (κ1) is 17.6. The van der Waals surface area contributed by atoms with Crippen molar-refractivity contribution < 1.29 is 9.53 Å². The van der Waals surface area contributed by atoms with E-state index in [1.165, 1.54) is 0 Å². The molecular weight excluding hydrogens is 316 g/mol. The SMILES string of the molecule is C[C@H](C(=O)N(C)C)[C@@H]1CC[C@H](CCn2cc(-c3ccccc3)nn2)O1. The van der Waals surface area contributed by atoms with Gasteiger partial charge in [-0.05, 0) is 19.3 Å². The van der Waals surface area contributed by atoms with Gasteiger partial charge in [0.25, 0.3) is 0 Å². The Bertz CT molecular complexity index is 698. The number of hydrogen-bond donors (Lipinski definition) is 0. The first-order valence-electron chi connectivity index (χ1n) is 8.87. The van der Waals surface area contributed by atoms with E-state index in [2.05, 4.69) is 10.3 Å². The molecule has 0 spiro atoms. The Hall–Kier alpha value is -2.21. The van der Waals surface area contributed by atoms with Crippen LogP contribution in [0.3, 0.4) is 0 Å². The van der Waals surface area contributed by atoms with Crippen LogP contribution >= 0.6 is 0 Å². The third-order valence-electron chi connectivity index (χ3n) is 4.82. The van der Waals surface area contributed by atoms with Gasteiger partial charge in [0.15, 0.2) is 0 Å². The third kappa shape index (κ3) is 4.25. The zero-order chi connectivity index (χ0) is 17.8. The molecule has 3 rings (SSSR count). The van der Waals surface area contributed by atoms with Gasteiger partial charge in [0.05, 0.1) is 24.3 Å². The molecule has 1 aliphatic heterocycles. The summed E-state index contributed by atoms with van der Waals surface area (Å²) in [5, 5.41) is 8.45. The Morgan fingerprint density at radius 3 is 2.80 bits per heavy atom. The highest BCUT2D eigenvalue weighted by Gasteiger charge is 2.33. The Morgan fingerprint density at radius 2 is 2.08 bits per heavy atom. The summed E-state index contributed by atoms with van der Waals surface area (Å²) in [5.74, 6) is 0.0467. The van der Waals surface area contributed by atoms with Crippen LogP contribution in [-0.2, 0) is 16.1 Å². The topological polar surface area (TPSA) is 60.2 Å². The van der Waals surface area contributed by atoms with Gasteiger partial charge in [0.2, 0.25) is 5.91 Å². The van der Waals surface area contributed by atoms with Crippen molar-refractivity contribution in [3.63, 3.8) is 0 Å². The number of aromatic nitrogens is 3. The number of benzene rings is 1. The van der Waals surface area contributed by atoms with Gasteiger partial charge in [-0.15, -0.1) is 5.10 Å². The molecule has 1 amide bonds. The van der Waals surface area contributed by atoms with E-state index < -0.39 is 0 Å². The van der Waals surface area contributed by atoms with Gasteiger partial charge in [-0.1, -0.05) is 42.5 Å². The molecule has 6 nitrogen and oxygen atoms in total. The van der Waals surface area contributed by atoms with Gasteiger partial charge in [-0.3, -0.25) is 9.48 Å². The average Bonchev–Trinajstić information content (AvgIpc) is 3.28. The maximum Gasteiger partial charge on any atom is 0.227 e. The maximum absolute atomic E-state index is 12.1. The Labute approximate surface area is 148 Å². The van der Waals surface area contributed by atoms with Crippen LogP contribution in [-0.4, -0.2) is 52.1 Å². The fourth-order valence-electron chi connectivity index (χ4n) is 3.31. The van der Waals surface area contributed by atoms with Crippen LogP contribution in [0, 0.1) is 5.92 Å². The quantitative estimate of drug-likeness (QED) is 0.810. The van der Waals surface area contributed by atoms with E-state index in [1.54, 1.807) is 19.0 Å². The van der Waals surface area contributed by atoms with Crippen LogP contribution in [0.1, 0.15) is 26.2 Å². The maximum atomic E-state index is 12.1. The number of ether oxygens (including phenoxy) is 1. The fraction of sp³-hybridized carbons (Fsp3) is 0.526. The van der Waals surface area contributed by atoms with Crippen molar-refractivity contribution in [1.82, 2.24) is 19.9 Å². The molecule has 1 aliphatic rings. The zero-order valence-corrected chi connectivity index (χ0v) is 15.1. The largest absolute Gasteiger partial charge is 0.374 e. The lowest BCUT2D eigenvalue weighted by Gasteiger charge is -2.22. The van der Waals surface area contributed by atoms with Crippen molar-refractivity contribution in [1.29, 1.82) is 0 Å². The van der Waals surface area contributed by atoms with E-state index >= 15 is 0 Å². The van der Waals surface area contributed by atoms with E-state index in [4.69, 9.17) is 4.74 Å². The molecule has 2 aromatic rings. The van der Waals surface area contributed by atoms with E-state index in [1.807, 2.05) is 48.1 Å². The molecule has 134 valence electrons. The van der Waals surface area contributed by atoms with Crippen molar-refractivity contribution in [3.05, 3.63) is 36.5 Å². The van der Waals surface area contributed by atoms with Crippen molar-refractivity contribution >= 4 is 5.91 Å². The van der Waals surface area contributed by atoms with Crippen LogP contribution in [0.25, 0.3) is 11.3 Å². The van der Waals surface area contributed by atoms with Gasteiger partial charge in [-0.2, -0.15) is 0 Å². The summed E-state index contributed by atoms with van der Waals surface area (Å²) in [5.41, 5.74) is 1.96. The van der Waals surface area contributed by atoms with E-state index in [0.717, 1.165) is 37.1 Å². The van der Waals surface area contributed by atoms with Crippen LogP contribution in [0.2, 0.25) is 0 Å². The van der Waals surface area contributed by atoms with Gasteiger partial charge < -0.3 is 9.64 Å². The van der Waals surface area contributed by atoms with Gasteiger partial charge >= 0.3 is 0 Å². The first-order chi connectivity index (χ1) is 12.0. The van der Waals surface area contributed by atoms with E-state index in [0.29, 0.717) is 0 Å². The monoisotopic (exact) mass is 342 g/mol. The van der Waals surface area contributed by atoms with Crippen LogP contribution in [0.15, 0.2) is 36.5 Å². The lowest BCUT2D eigenvalue weighted by molar-refractivity contribution is -0.137. The summed E-state index contributed by atoms with van der Waals surface area (Å²) < 4.78 is 7.97. The zero-order valence-electron chi connectivity index (χ0n) is 15.1. The summed E-state index contributed by atoms with van der Waals surface area (Å²) in [6.45, 7) is 2.73. The molecule has 2 heterocycles. The predicted molar refractivity (Wildman–Crippen MR) is 95.8 cm³/mol. The van der Waals surface area contributed by atoms with Crippen molar-refractivity contribution in [3.8, 4) is 11.3 Å². The van der Waals surface area contributed by atoms with Crippen molar-refractivity contribution in [2.24, 2.45) is 5.92 Å². The van der Waals surface area contributed by atoms with Crippen LogP contribution in [0.5, 0.6) is 0 Å². The van der Waals surface area contributed by atoms with Crippen molar-refractivity contribution in [2.75, 3.05) is 14.1 Å². The van der Waals surface area contributed by atoms with E-state index in [-0.39, 0.29) is 24.0 Å². The summed E-state index contributed by atoms with van der Waals surface area (Å²) in [7, 11) is 3.58. The molecule has 0 aliphatic carbocycles. The minimum atomic E-state index is -0.0870. The normalized spacial score (nSPS) is 21.2. The summed E-state index contributed by atoms with van der Waals surface area (Å²) in [6.07, 6.45) is 5.01. The number of nitrogens with zero attached hydrogens (tertiary/aromatic N) is 4. The van der Waals surface area contributed by atoms with Gasteiger partial charge in [0.1, 0.15) is 5.69 Å². The highest BCUT2D eigenvalue weighted by atomic mass is 16.5. The first-order valence-corrected chi connectivity index (χ1v) is 8.87. The second-order valence-corrected chi connectivity index (χ2v) is 6.92. The minimum absolute atomic E-state index is 0.0236. The number of rotatable bonds is 6.